The van der Waals surface area contributed by atoms with Gasteiger partial charge in [0.1, 0.15) is 0 Å². The lowest BCUT2D eigenvalue weighted by Crippen LogP contribution is -2.44. The van der Waals surface area contributed by atoms with Gasteiger partial charge >= 0.3 is 0 Å². The SMILES string of the molecule is CC1CCC(NC(=O)C2CCCC(N)C2)CC1C. The average Bonchev–Trinajstić information content (AvgIpc) is 2.34. The highest BCUT2D eigenvalue weighted by Gasteiger charge is 2.29. The second-order valence-corrected chi connectivity index (χ2v) is 6.60. The van der Waals surface area contributed by atoms with Crippen LogP contribution in [0, 0.1) is 17.8 Å². The van der Waals surface area contributed by atoms with Crippen molar-refractivity contribution in [1.29, 1.82) is 0 Å². The Morgan fingerprint density at radius 3 is 2.50 bits per heavy atom. The van der Waals surface area contributed by atoms with Crippen molar-refractivity contribution in [2.75, 3.05) is 0 Å². The standard InChI is InChI=1S/C15H28N2O/c1-10-6-7-14(8-11(10)2)17-15(18)12-4-3-5-13(16)9-12/h10-14H,3-9,16H2,1-2H3,(H,17,18). The molecule has 2 rings (SSSR count). The van der Waals surface area contributed by atoms with Gasteiger partial charge in [-0.15, -0.1) is 0 Å². The van der Waals surface area contributed by atoms with E-state index >= 15 is 0 Å². The van der Waals surface area contributed by atoms with E-state index in [0.717, 1.165) is 50.4 Å². The average molecular weight is 252 g/mol. The molecular weight excluding hydrogens is 224 g/mol. The summed E-state index contributed by atoms with van der Waals surface area (Å²) in [5, 5.41) is 3.27. The summed E-state index contributed by atoms with van der Waals surface area (Å²) in [5.41, 5.74) is 5.96. The minimum absolute atomic E-state index is 0.170. The molecule has 0 bridgehead atoms. The van der Waals surface area contributed by atoms with Crippen LogP contribution in [0.2, 0.25) is 0 Å². The number of nitrogens with two attached hydrogens (primary N) is 1. The summed E-state index contributed by atoms with van der Waals surface area (Å²) < 4.78 is 0. The molecule has 2 aliphatic carbocycles. The van der Waals surface area contributed by atoms with Crippen LogP contribution in [0.3, 0.4) is 0 Å². The third-order valence-electron chi connectivity index (χ3n) is 5.03. The number of rotatable bonds is 2. The van der Waals surface area contributed by atoms with Gasteiger partial charge in [0.15, 0.2) is 0 Å². The molecule has 3 N–H and O–H groups in total. The quantitative estimate of drug-likeness (QED) is 0.793. The Labute approximate surface area is 111 Å². The maximum Gasteiger partial charge on any atom is 0.223 e. The van der Waals surface area contributed by atoms with E-state index in [1.807, 2.05) is 0 Å². The summed E-state index contributed by atoms with van der Waals surface area (Å²) in [7, 11) is 0. The van der Waals surface area contributed by atoms with Crippen LogP contribution in [0.4, 0.5) is 0 Å². The van der Waals surface area contributed by atoms with Crippen LogP contribution < -0.4 is 11.1 Å². The van der Waals surface area contributed by atoms with Gasteiger partial charge in [0, 0.05) is 18.0 Å². The fourth-order valence-electron chi connectivity index (χ4n) is 3.46. The van der Waals surface area contributed by atoms with Crippen LogP contribution in [0.25, 0.3) is 0 Å². The van der Waals surface area contributed by atoms with Gasteiger partial charge in [0.2, 0.25) is 5.91 Å². The van der Waals surface area contributed by atoms with Gasteiger partial charge in [-0.25, -0.2) is 0 Å². The normalized spacial score (nSPS) is 41.4. The first-order valence-electron chi connectivity index (χ1n) is 7.62. The summed E-state index contributed by atoms with van der Waals surface area (Å²) in [4.78, 5) is 12.2. The maximum atomic E-state index is 12.2. The van der Waals surface area contributed by atoms with E-state index in [-0.39, 0.29) is 17.9 Å². The molecule has 3 heteroatoms. The lowest BCUT2D eigenvalue weighted by molar-refractivity contribution is -0.127. The number of carbonyl (C=O) groups is 1. The van der Waals surface area contributed by atoms with E-state index in [1.54, 1.807) is 0 Å². The Balaban J connectivity index is 1.80. The van der Waals surface area contributed by atoms with E-state index < -0.39 is 0 Å². The predicted molar refractivity (Wildman–Crippen MR) is 74.0 cm³/mol. The summed E-state index contributed by atoms with van der Waals surface area (Å²) in [6, 6.07) is 0.640. The first kappa shape index (κ1) is 13.9. The van der Waals surface area contributed by atoms with Crippen LogP contribution >= 0.6 is 0 Å². The Bertz CT molecular complexity index is 292. The lowest BCUT2D eigenvalue weighted by atomic mass is 9.78. The van der Waals surface area contributed by atoms with Crippen molar-refractivity contribution in [2.45, 2.75) is 70.9 Å². The van der Waals surface area contributed by atoms with Crippen LogP contribution in [0.15, 0.2) is 0 Å². The van der Waals surface area contributed by atoms with Gasteiger partial charge in [0.25, 0.3) is 0 Å². The molecule has 2 fully saturated rings. The summed E-state index contributed by atoms with van der Waals surface area (Å²) >= 11 is 0. The van der Waals surface area contributed by atoms with Crippen molar-refractivity contribution < 1.29 is 4.79 Å². The fraction of sp³-hybridized carbons (Fsp3) is 0.933. The highest BCUT2D eigenvalue weighted by atomic mass is 16.1. The second-order valence-electron chi connectivity index (χ2n) is 6.60. The number of hydrogen-bond acceptors (Lipinski definition) is 2. The molecule has 0 radical (unpaired) electrons. The smallest absolute Gasteiger partial charge is 0.223 e. The van der Waals surface area contributed by atoms with Gasteiger partial charge in [0.05, 0.1) is 0 Å². The van der Waals surface area contributed by atoms with E-state index in [4.69, 9.17) is 5.73 Å². The van der Waals surface area contributed by atoms with Crippen molar-refractivity contribution in [3.8, 4) is 0 Å². The van der Waals surface area contributed by atoms with Crippen molar-refractivity contribution >= 4 is 5.91 Å². The van der Waals surface area contributed by atoms with Gasteiger partial charge in [-0.05, 0) is 50.4 Å². The number of hydrogen-bond donors (Lipinski definition) is 2. The van der Waals surface area contributed by atoms with Crippen molar-refractivity contribution in [3.05, 3.63) is 0 Å². The summed E-state index contributed by atoms with van der Waals surface area (Å²) in [6.45, 7) is 4.63. The zero-order chi connectivity index (χ0) is 13.1. The van der Waals surface area contributed by atoms with E-state index in [9.17, 15) is 4.79 Å². The van der Waals surface area contributed by atoms with Gasteiger partial charge in [-0.3, -0.25) is 4.79 Å². The van der Waals surface area contributed by atoms with E-state index in [0.29, 0.717) is 6.04 Å². The summed E-state index contributed by atoms with van der Waals surface area (Å²) in [5.74, 6) is 1.97. The molecule has 0 spiro atoms. The summed E-state index contributed by atoms with van der Waals surface area (Å²) in [6.07, 6.45) is 7.64. The minimum atomic E-state index is 0.170. The van der Waals surface area contributed by atoms with Gasteiger partial charge < -0.3 is 11.1 Å². The fourth-order valence-corrected chi connectivity index (χ4v) is 3.46. The molecule has 2 aliphatic rings. The van der Waals surface area contributed by atoms with Gasteiger partial charge in [-0.1, -0.05) is 20.3 Å². The molecule has 0 aliphatic heterocycles. The molecule has 0 heterocycles. The monoisotopic (exact) mass is 252 g/mol. The topological polar surface area (TPSA) is 55.1 Å². The van der Waals surface area contributed by atoms with Crippen molar-refractivity contribution in [3.63, 3.8) is 0 Å². The zero-order valence-electron chi connectivity index (χ0n) is 11.8. The Morgan fingerprint density at radius 2 is 1.83 bits per heavy atom. The second kappa shape index (κ2) is 6.05. The largest absolute Gasteiger partial charge is 0.353 e. The molecule has 104 valence electrons. The van der Waals surface area contributed by atoms with Crippen molar-refractivity contribution in [1.82, 2.24) is 5.32 Å². The maximum absolute atomic E-state index is 12.2. The molecule has 5 unspecified atom stereocenters. The molecule has 18 heavy (non-hydrogen) atoms. The van der Waals surface area contributed by atoms with Crippen LogP contribution in [0.5, 0.6) is 0 Å². The van der Waals surface area contributed by atoms with E-state index in [2.05, 4.69) is 19.2 Å². The number of carbonyl (C=O) groups excluding carboxylic acids is 1. The molecule has 3 nitrogen and oxygen atoms in total. The van der Waals surface area contributed by atoms with Crippen molar-refractivity contribution in [2.24, 2.45) is 23.5 Å². The molecule has 0 aromatic rings. The molecular formula is C15H28N2O. The highest BCUT2D eigenvalue weighted by molar-refractivity contribution is 5.79. The molecule has 0 aromatic carbocycles. The molecule has 1 amide bonds. The third-order valence-corrected chi connectivity index (χ3v) is 5.03. The minimum Gasteiger partial charge on any atom is -0.353 e. The Kier molecular flexibility index (Phi) is 4.66. The molecule has 5 atom stereocenters. The molecule has 0 saturated heterocycles. The van der Waals surface area contributed by atoms with Crippen LogP contribution in [-0.2, 0) is 4.79 Å². The van der Waals surface area contributed by atoms with Crippen LogP contribution in [-0.4, -0.2) is 18.0 Å². The molecule has 2 saturated carbocycles. The third kappa shape index (κ3) is 3.47. The zero-order valence-corrected chi connectivity index (χ0v) is 11.8. The Hall–Kier alpha value is -0.570. The highest BCUT2D eigenvalue weighted by Crippen LogP contribution is 2.30. The lowest BCUT2D eigenvalue weighted by Gasteiger charge is -2.34. The first-order chi connectivity index (χ1) is 8.56. The predicted octanol–water partition coefficient (Wildman–Crippen LogP) is 2.44. The van der Waals surface area contributed by atoms with E-state index in [1.165, 1.54) is 6.42 Å². The van der Waals surface area contributed by atoms with Gasteiger partial charge in [-0.2, -0.15) is 0 Å². The Morgan fingerprint density at radius 1 is 1.06 bits per heavy atom. The van der Waals surface area contributed by atoms with Crippen LogP contribution in [0.1, 0.15) is 58.8 Å². The molecule has 0 aromatic heterocycles. The first-order valence-corrected chi connectivity index (χ1v) is 7.62. The number of nitrogens with one attached hydrogen (secondary N) is 1. The number of amides is 1.